The van der Waals surface area contributed by atoms with Crippen molar-refractivity contribution in [1.82, 2.24) is 14.9 Å². The SMILES string of the molecule is Cc1nccn1Cc1cccc(CNC(=O)c2ccc3c(c2)OCCO3)c1. The molecule has 1 aromatic heterocycles. The Morgan fingerprint density at radius 3 is 2.74 bits per heavy atom. The van der Waals surface area contributed by atoms with Crippen molar-refractivity contribution in [2.75, 3.05) is 13.2 Å². The van der Waals surface area contributed by atoms with E-state index in [1.807, 2.05) is 25.3 Å². The molecule has 1 aliphatic heterocycles. The van der Waals surface area contributed by atoms with Crippen LogP contribution in [-0.4, -0.2) is 28.7 Å². The zero-order valence-electron chi connectivity index (χ0n) is 15.1. The van der Waals surface area contributed by atoms with Gasteiger partial charge in [-0.1, -0.05) is 24.3 Å². The predicted octanol–water partition coefficient (Wildman–Crippen LogP) is 2.94. The maximum atomic E-state index is 12.5. The molecule has 6 heteroatoms. The average molecular weight is 363 g/mol. The fourth-order valence-corrected chi connectivity index (χ4v) is 3.07. The van der Waals surface area contributed by atoms with Gasteiger partial charge in [-0.15, -0.1) is 0 Å². The quantitative estimate of drug-likeness (QED) is 0.757. The molecular formula is C21H21N3O3. The van der Waals surface area contributed by atoms with E-state index in [0.29, 0.717) is 36.8 Å². The molecule has 0 spiro atoms. The number of hydrogen-bond acceptors (Lipinski definition) is 4. The number of ether oxygens (including phenoxy) is 2. The van der Waals surface area contributed by atoms with Crippen LogP contribution in [0.1, 0.15) is 27.3 Å². The molecule has 0 fully saturated rings. The Balaban J connectivity index is 1.40. The van der Waals surface area contributed by atoms with Crippen LogP contribution in [-0.2, 0) is 13.1 Å². The summed E-state index contributed by atoms with van der Waals surface area (Å²) < 4.78 is 13.1. The minimum Gasteiger partial charge on any atom is -0.486 e. The number of benzene rings is 2. The van der Waals surface area contributed by atoms with E-state index in [9.17, 15) is 4.79 Å². The summed E-state index contributed by atoms with van der Waals surface area (Å²) in [5.74, 6) is 2.14. The summed E-state index contributed by atoms with van der Waals surface area (Å²) in [7, 11) is 0. The minimum atomic E-state index is -0.136. The molecule has 4 rings (SSSR count). The molecule has 27 heavy (non-hydrogen) atoms. The molecule has 1 amide bonds. The van der Waals surface area contributed by atoms with Crippen molar-refractivity contribution in [1.29, 1.82) is 0 Å². The van der Waals surface area contributed by atoms with Crippen LogP contribution in [0.3, 0.4) is 0 Å². The first-order valence-electron chi connectivity index (χ1n) is 8.92. The summed E-state index contributed by atoms with van der Waals surface area (Å²) in [5, 5.41) is 2.97. The highest BCUT2D eigenvalue weighted by atomic mass is 16.6. The Hall–Kier alpha value is -3.28. The molecule has 6 nitrogen and oxygen atoms in total. The fraction of sp³-hybridized carbons (Fsp3) is 0.238. The standard InChI is InChI=1S/C21H21N3O3/c1-15-22-7-8-24(15)14-17-4-2-3-16(11-17)13-23-21(25)18-5-6-19-20(12-18)27-10-9-26-19/h2-8,11-12H,9-10,13-14H2,1H3,(H,23,25). The predicted molar refractivity (Wildman–Crippen MR) is 101 cm³/mol. The van der Waals surface area contributed by atoms with Crippen LogP contribution in [0.5, 0.6) is 11.5 Å². The molecule has 2 aromatic carbocycles. The first-order chi connectivity index (χ1) is 13.2. The summed E-state index contributed by atoms with van der Waals surface area (Å²) in [6, 6.07) is 13.4. The van der Waals surface area contributed by atoms with Crippen LogP contribution in [0.2, 0.25) is 0 Å². The number of nitrogens with one attached hydrogen (secondary N) is 1. The van der Waals surface area contributed by atoms with Crippen molar-refractivity contribution in [3.05, 3.63) is 77.4 Å². The highest BCUT2D eigenvalue weighted by Crippen LogP contribution is 2.30. The first-order valence-corrected chi connectivity index (χ1v) is 8.92. The molecule has 0 unspecified atom stereocenters. The van der Waals surface area contributed by atoms with Crippen LogP contribution < -0.4 is 14.8 Å². The van der Waals surface area contributed by atoms with Gasteiger partial charge in [-0.2, -0.15) is 0 Å². The Morgan fingerprint density at radius 2 is 1.93 bits per heavy atom. The summed E-state index contributed by atoms with van der Waals surface area (Å²) in [6.45, 7) is 4.24. The lowest BCUT2D eigenvalue weighted by atomic mass is 10.1. The molecule has 3 aromatic rings. The maximum absolute atomic E-state index is 12.5. The number of aromatic nitrogens is 2. The van der Waals surface area contributed by atoms with E-state index >= 15 is 0 Å². The number of carbonyl (C=O) groups is 1. The fourth-order valence-electron chi connectivity index (χ4n) is 3.07. The van der Waals surface area contributed by atoms with Crippen molar-refractivity contribution < 1.29 is 14.3 Å². The minimum absolute atomic E-state index is 0.136. The van der Waals surface area contributed by atoms with Gasteiger partial charge in [-0.05, 0) is 36.2 Å². The van der Waals surface area contributed by atoms with Gasteiger partial charge in [0.15, 0.2) is 11.5 Å². The number of fused-ring (bicyclic) bond motifs is 1. The van der Waals surface area contributed by atoms with E-state index in [0.717, 1.165) is 17.9 Å². The van der Waals surface area contributed by atoms with E-state index in [-0.39, 0.29) is 5.91 Å². The molecule has 0 radical (unpaired) electrons. The summed E-state index contributed by atoms with van der Waals surface area (Å²) >= 11 is 0. The third-order valence-corrected chi connectivity index (χ3v) is 4.53. The zero-order chi connectivity index (χ0) is 18.6. The van der Waals surface area contributed by atoms with Crippen LogP contribution in [0, 0.1) is 6.92 Å². The molecule has 0 saturated carbocycles. The summed E-state index contributed by atoms with van der Waals surface area (Å²) in [4.78, 5) is 16.7. The van der Waals surface area contributed by atoms with Crippen LogP contribution in [0.4, 0.5) is 0 Å². The topological polar surface area (TPSA) is 65.4 Å². The molecule has 0 atom stereocenters. The Bertz CT molecular complexity index is 965. The lowest BCUT2D eigenvalue weighted by molar-refractivity contribution is 0.0949. The lowest BCUT2D eigenvalue weighted by Crippen LogP contribution is -2.23. The average Bonchev–Trinajstić information content (AvgIpc) is 3.10. The second kappa shape index (κ2) is 7.53. The van der Waals surface area contributed by atoms with Gasteiger partial charge in [0, 0.05) is 31.0 Å². The third-order valence-electron chi connectivity index (χ3n) is 4.53. The number of hydrogen-bond donors (Lipinski definition) is 1. The normalized spacial score (nSPS) is 12.6. The number of rotatable bonds is 5. The molecule has 0 bridgehead atoms. The monoisotopic (exact) mass is 363 g/mol. The van der Waals surface area contributed by atoms with E-state index in [1.54, 1.807) is 24.4 Å². The largest absolute Gasteiger partial charge is 0.486 e. The van der Waals surface area contributed by atoms with Crippen LogP contribution in [0.25, 0.3) is 0 Å². The highest BCUT2D eigenvalue weighted by Gasteiger charge is 2.14. The van der Waals surface area contributed by atoms with Gasteiger partial charge in [0.05, 0.1) is 0 Å². The number of carbonyl (C=O) groups excluding carboxylic acids is 1. The Kier molecular flexibility index (Phi) is 4.78. The van der Waals surface area contributed by atoms with E-state index < -0.39 is 0 Å². The second-order valence-electron chi connectivity index (χ2n) is 6.46. The molecule has 0 saturated heterocycles. The smallest absolute Gasteiger partial charge is 0.251 e. The van der Waals surface area contributed by atoms with Gasteiger partial charge in [-0.3, -0.25) is 4.79 Å². The van der Waals surface area contributed by atoms with Crippen LogP contribution >= 0.6 is 0 Å². The van der Waals surface area contributed by atoms with Gasteiger partial charge in [0.2, 0.25) is 0 Å². The maximum Gasteiger partial charge on any atom is 0.251 e. The number of nitrogens with zero attached hydrogens (tertiary/aromatic N) is 2. The molecule has 1 aliphatic rings. The van der Waals surface area contributed by atoms with Gasteiger partial charge in [-0.25, -0.2) is 4.98 Å². The van der Waals surface area contributed by atoms with Gasteiger partial charge in [0.1, 0.15) is 19.0 Å². The van der Waals surface area contributed by atoms with Crippen molar-refractivity contribution in [3.63, 3.8) is 0 Å². The zero-order valence-corrected chi connectivity index (χ0v) is 15.1. The molecule has 138 valence electrons. The van der Waals surface area contributed by atoms with Gasteiger partial charge >= 0.3 is 0 Å². The third kappa shape index (κ3) is 3.95. The number of aryl methyl sites for hydroxylation is 1. The summed E-state index contributed by atoms with van der Waals surface area (Å²) in [6.07, 6.45) is 3.76. The van der Waals surface area contributed by atoms with E-state index in [2.05, 4.69) is 27.0 Å². The van der Waals surface area contributed by atoms with Gasteiger partial charge < -0.3 is 19.4 Å². The van der Waals surface area contributed by atoms with Crippen molar-refractivity contribution in [2.45, 2.75) is 20.0 Å². The molecular weight excluding hydrogens is 342 g/mol. The summed E-state index contributed by atoms with van der Waals surface area (Å²) in [5.41, 5.74) is 2.78. The van der Waals surface area contributed by atoms with Crippen LogP contribution in [0.15, 0.2) is 54.9 Å². The van der Waals surface area contributed by atoms with Crippen molar-refractivity contribution in [2.24, 2.45) is 0 Å². The van der Waals surface area contributed by atoms with Crippen molar-refractivity contribution >= 4 is 5.91 Å². The second-order valence-corrected chi connectivity index (χ2v) is 6.46. The first kappa shape index (κ1) is 17.1. The highest BCUT2D eigenvalue weighted by molar-refractivity contribution is 5.94. The number of imidazole rings is 1. The van der Waals surface area contributed by atoms with Gasteiger partial charge in [0.25, 0.3) is 5.91 Å². The molecule has 2 heterocycles. The van der Waals surface area contributed by atoms with E-state index in [4.69, 9.17) is 9.47 Å². The number of amides is 1. The lowest BCUT2D eigenvalue weighted by Gasteiger charge is -2.18. The van der Waals surface area contributed by atoms with Crippen molar-refractivity contribution in [3.8, 4) is 11.5 Å². The Labute approximate surface area is 157 Å². The Morgan fingerprint density at radius 1 is 1.11 bits per heavy atom. The van der Waals surface area contributed by atoms with E-state index in [1.165, 1.54) is 5.56 Å². The molecule has 1 N–H and O–H groups in total. The molecule has 0 aliphatic carbocycles.